The lowest BCUT2D eigenvalue weighted by molar-refractivity contribution is 0.459. The highest BCUT2D eigenvalue weighted by Crippen LogP contribution is 2.23. The summed E-state index contributed by atoms with van der Waals surface area (Å²) < 4.78 is 0. The molecule has 1 aliphatic heterocycles. The lowest BCUT2D eigenvalue weighted by Crippen LogP contribution is -2.24. The molecule has 2 rings (SSSR count). The average molecular weight is 218 g/mol. The Hall–Kier alpha value is -1.05. The third-order valence-corrected chi connectivity index (χ3v) is 3.69. The van der Waals surface area contributed by atoms with Gasteiger partial charge in [-0.1, -0.05) is 13.3 Å². The van der Waals surface area contributed by atoms with E-state index in [1.54, 1.807) is 0 Å². The Morgan fingerprint density at radius 1 is 1.31 bits per heavy atom. The van der Waals surface area contributed by atoms with Gasteiger partial charge in [0.25, 0.3) is 0 Å². The average Bonchev–Trinajstić information content (AvgIpc) is 2.55. The van der Waals surface area contributed by atoms with Crippen LogP contribution in [0.15, 0.2) is 18.3 Å². The molecule has 2 nitrogen and oxygen atoms in total. The van der Waals surface area contributed by atoms with Crippen molar-refractivity contribution in [3.63, 3.8) is 0 Å². The van der Waals surface area contributed by atoms with Gasteiger partial charge < -0.3 is 4.90 Å². The fraction of sp³-hybridized carbons (Fsp3) is 0.643. The van der Waals surface area contributed by atoms with Crippen LogP contribution in [0.4, 0.5) is 5.69 Å². The predicted molar refractivity (Wildman–Crippen MR) is 68.8 cm³/mol. The van der Waals surface area contributed by atoms with Crippen LogP contribution < -0.4 is 4.90 Å². The molecule has 1 aromatic heterocycles. The lowest BCUT2D eigenvalue weighted by Gasteiger charge is -2.22. The van der Waals surface area contributed by atoms with E-state index in [1.807, 2.05) is 13.1 Å². The molecular weight excluding hydrogens is 196 g/mol. The molecule has 0 spiro atoms. The highest BCUT2D eigenvalue weighted by atomic mass is 15.1. The summed E-state index contributed by atoms with van der Waals surface area (Å²) >= 11 is 0. The molecule has 0 aromatic carbocycles. The summed E-state index contributed by atoms with van der Waals surface area (Å²) in [5.74, 6) is 0.934. The summed E-state index contributed by atoms with van der Waals surface area (Å²) in [6.07, 6.45) is 7.41. The molecule has 0 radical (unpaired) electrons. The predicted octanol–water partition coefficient (Wildman–Crippen LogP) is 3.41. The summed E-state index contributed by atoms with van der Waals surface area (Å²) in [6, 6.07) is 4.31. The van der Waals surface area contributed by atoms with E-state index in [-0.39, 0.29) is 0 Å². The lowest BCUT2D eigenvalue weighted by atomic mass is 9.98. The van der Waals surface area contributed by atoms with E-state index in [0.717, 1.165) is 11.6 Å². The van der Waals surface area contributed by atoms with E-state index in [0.29, 0.717) is 0 Å². The Balaban J connectivity index is 2.02. The third-order valence-electron chi connectivity index (χ3n) is 3.69. The number of rotatable bonds is 2. The summed E-state index contributed by atoms with van der Waals surface area (Å²) in [4.78, 5) is 6.87. The fourth-order valence-corrected chi connectivity index (χ4v) is 2.48. The Kier molecular flexibility index (Phi) is 3.81. The third kappa shape index (κ3) is 2.75. The van der Waals surface area contributed by atoms with E-state index in [2.05, 4.69) is 28.9 Å². The second-order valence-electron chi connectivity index (χ2n) is 4.85. The van der Waals surface area contributed by atoms with Gasteiger partial charge in [-0.25, -0.2) is 0 Å². The van der Waals surface area contributed by atoms with Crippen LogP contribution in [0.5, 0.6) is 0 Å². The van der Waals surface area contributed by atoms with Crippen molar-refractivity contribution in [2.24, 2.45) is 5.92 Å². The minimum absolute atomic E-state index is 0.934. The number of anilines is 1. The first-order chi connectivity index (χ1) is 7.79. The molecule has 2 heterocycles. The van der Waals surface area contributed by atoms with E-state index < -0.39 is 0 Å². The highest BCUT2D eigenvalue weighted by Gasteiger charge is 2.15. The smallest absolute Gasteiger partial charge is 0.0552 e. The first-order valence-corrected chi connectivity index (χ1v) is 6.47. The second kappa shape index (κ2) is 5.33. The van der Waals surface area contributed by atoms with Gasteiger partial charge in [0.2, 0.25) is 0 Å². The van der Waals surface area contributed by atoms with Crippen molar-refractivity contribution in [3.8, 4) is 0 Å². The van der Waals surface area contributed by atoms with Crippen molar-refractivity contribution in [3.05, 3.63) is 24.0 Å². The quantitative estimate of drug-likeness (QED) is 0.756. The summed E-state index contributed by atoms with van der Waals surface area (Å²) in [5, 5.41) is 0. The van der Waals surface area contributed by atoms with Crippen LogP contribution in [0, 0.1) is 12.8 Å². The molecule has 88 valence electrons. The van der Waals surface area contributed by atoms with Gasteiger partial charge >= 0.3 is 0 Å². The van der Waals surface area contributed by atoms with Gasteiger partial charge in [0.05, 0.1) is 11.9 Å². The van der Waals surface area contributed by atoms with Crippen molar-refractivity contribution in [1.29, 1.82) is 0 Å². The molecule has 1 aromatic rings. The van der Waals surface area contributed by atoms with E-state index >= 15 is 0 Å². The number of aromatic nitrogens is 1. The Morgan fingerprint density at radius 2 is 2.19 bits per heavy atom. The zero-order chi connectivity index (χ0) is 11.4. The van der Waals surface area contributed by atoms with Gasteiger partial charge in [-0.3, -0.25) is 4.98 Å². The molecule has 0 saturated carbocycles. The van der Waals surface area contributed by atoms with Crippen LogP contribution in [0.1, 0.15) is 38.3 Å². The fourth-order valence-electron chi connectivity index (χ4n) is 2.48. The topological polar surface area (TPSA) is 16.1 Å². The minimum atomic E-state index is 0.934. The van der Waals surface area contributed by atoms with Gasteiger partial charge in [-0.05, 0) is 44.2 Å². The zero-order valence-electron chi connectivity index (χ0n) is 10.4. The first kappa shape index (κ1) is 11.4. The summed E-state index contributed by atoms with van der Waals surface area (Å²) in [6.45, 7) is 6.75. The number of aryl methyl sites for hydroxylation is 1. The number of hydrogen-bond donors (Lipinski definition) is 0. The maximum Gasteiger partial charge on any atom is 0.0552 e. The van der Waals surface area contributed by atoms with Crippen LogP contribution in [-0.2, 0) is 0 Å². The second-order valence-corrected chi connectivity index (χ2v) is 4.85. The molecule has 0 aliphatic carbocycles. The van der Waals surface area contributed by atoms with Gasteiger partial charge in [0, 0.05) is 18.8 Å². The number of pyridine rings is 1. The van der Waals surface area contributed by atoms with Crippen LogP contribution in [-0.4, -0.2) is 18.1 Å². The molecule has 1 atom stereocenters. The van der Waals surface area contributed by atoms with Gasteiger partial charge in [-0.15, -0.1) is 0 Å². The molecule has 0 bridgehead atoms. The molecule has 1 aliphatic rings. The zero-order valence-corrected chi connectivity index (χ0v) is 10.4. The minimum Gasteiger partial charge on any atom is -0.370 e. The van der Waals surface area contributed by atoms with E-state index in [4.69, 9.17) is 0 Å². The first-order valence-electron chi connectivity index (χ1n) is 6.47. The number of hydrogen-bond acceptors (Lipinski definition) is 2. The van der Waals surface area contributed by atoms with Crippen LogP contribution >= 0.6 is 0 Å². The highest BCUT2D eigenvalue weighted by molar-refractivity contribution is 5.44. The Bertz CT molecular complexity index is 318. The van der Waals surface area contributed by atoms with Crippen LogP contribution in [0.25, 0.3) is 0 Å². The maximum atomic E-state index is 4.38. The normalized spacial score (nSPS) is 21.9. The SMILES string of the molecule is CCC1CCCN(c2ccc(C)nc2)CC1. The van der Waals surface area contributed by atoms with E-state index in [9.17, 15) is 0 Å². The number of nitrogens with zero attached hydrogens (tertiary/aromatic N) is 2. The van der Waals surface area contributed by atoms with Crippen LogP contribution in [0.3, 0.4) is 0 Å². The van der Waals surface area contributed by atoms with Crippen LogP contribution in [0.2, 0.25) is 0 Å². The Labute approximate surface area is 98.7 Å². The Morgan fingerprint density at radius 3 is 2.88 bits per heavy atom. The molecule has 0 amide bonds. The summed E-state index contributed by atoms with van der Waals surface area (Å²) in [5.41, 5.74) is 2.40. The van der Waals surface area contributed by atoms with Crippen molar-refractivity contribution in [1.82, 2.24) is 4.98 Å². The molecular formula is C14H22N2. The van der Waals surface area contributed by atoms with Crippen molar-refractivity contribution in [2.75, 3.05) is 18.0 Å². The molecule has 1 fully saturated rings. The maximum absolute atomic E-state index is 4.38. The molecule has 0 N–H and O–H groups in total. The van der Waals surface area contributed by atoms with E-state index in [1.165, 1.54) is 44.5 Å². The molecule has 1 saturated heterocycles. The largest absolute Gasteiger partial charge is 0.370 e. The molecule has 16 heavy (non-hydrogen) atoms. The molecule has 1 unspecified atom stereocenters. The van der Waals surface area contributed by atoms with Crippen molar-refractivity contribution in [2.45, 2.75) is 39.5 Å². The summed E-state index contributed by atoms with van der Waals surface area (Å²) in [7, 11) is 0. The van der Waals surface area contributed by atoms with Crippen molar-refractivity contribution < 1.29 is 0 Å². The standard InChI is InChI=1S/C14H22N2/c1-3-13-5-4-9-16(10-8-13)14-7-6-12(2)15-11-14/h6-7,11,13H,3-5,8-10H2,1-2H3. The van der Waals surface area contributed by atoms with Gasteiger partial charge in [-0.2, -0.15) is 0 Å². The van der Waals surface area contributed by atoms with Gasteiger partial charge in [0.1, 0.15) is 0 Å². The monoisotopic (exact) mass is 218 g/mol. The van der Waals surface area contributed by atoms with Gasteiger partial charge in [0.15, 0.2) is 0 Å². The van der Waals surface area contributed by atoms with Crippen molar-refractivity contribution >= 4 is 5.69 Å². The molecule has 2 heteroatoms.